The Labute approximate surface area is 151 Å². The highest BCUT2D eigenvalue weighted by atomic mass is 35.5. The number of hydrogen-bond donors (Lipinski definition) is 2. The lowest BCUT2D eigenvalue weighted by molar-refractivity contribution is -0.117. The Balaban J connectivity index is 1.68. The Morgan fingerprint density at radius 1 is 1.16 bits per heavy atom. The molecular weight excluding hydrogens is 338 g/mol. The fourth-order valence-electron chi connectivity index (χ4n) is 2.95. The lowest BCUT2D eigenvalue weighted by Gasteiger charge is -2.29. The lowest BCUT2D eigenvalue weighted by atomic mass is 10.3. The third kappa shape index (κ3) is 3.22. The predicted octanol–water partition coefficient (Wildman–Crippen LogP) is 3.51. The molecule has 0 spiro atoms. The molecule has 1 aromatic carbocycles. The van der Waals surface area contributed by atoms with Gasteiger partial charge in [-0.25, -0.2) is 9.99 Å². The van der Waals surface area contributed by atoms with Gasteiger partial charge in [-0.05, 0) is 49.2 Å². The standard InChI is InChI=1S/C18H20ClN5O/c1-20-15-8-9-16(22-18(15)21-13-4-5-13)24-17(25)10-11-23(24)14-6-2-12(19)3-7-14/h2-3,6-9,13,20H,4-5,10-11H2,1H3,(H,21,22). The first-order chi connectivity index (χ1) is 12.2. The van der Waals surface area contributed by atoms with Crippen molar-refractivity contribution in [1.29, 1.82) is 0 Å². The zero-order valence-corrected chi connectivity index (χ0v) is 14.8. The molecular formula is C18H20ClN5O. The van der Waals surface area contributed by atoms with Gasteiger partial charge in [0, 0.05) is 31.1 Å². The second-order valence-corrected chi connectivity index (χ2v) is 6.73. The molecule has 1 aromatic heterocycles. The molecule has 25 heavy (non-hydrogen) atoms. The van der Waals surface area contributed by atoms with Gasteiger partial charge in [-0.2, -0.15) is 0 Å². The molecule has 2 N–H and O–H groups in total. The van der Waals surface area contributed by atoms with E-state index >= 15 is 0 Å². The maximum atomic E-state index is 12.5. The zero-order valence-electron chi connectivity index (χ0n) is 14.0. The van der Waals surface area contributed by atoms with Crippen molar-refractivity contribution in [3.63, 3.8) is 0 Å². The van der Waals surface area contributed by atoms with E-state index in [9.17, 15) is 4.79 Å². The van der Waals surface area contributed by atoms with Crippen molar-refractivity contribution >= 4 is 40.5 Å². The van der Waals surface area contributed by atoms with E-state index in [0.717, 1.165) is 30.0 Å². The molecule has 6 nitrogen and oxygen atoms in total. The van der Waals surface area contributed by atoms with Gasteiger partial charge in [0.2, 0.25) is 5.91 Å². The minimum atomic E-state index is 0.0389. The van der Waals surface area contributed by atoms with E-state index in [1.54, 1.807) is 5.01 Å². The van der Waals surface area contributed by atoms with Gasteiger partial charge in [0.05, 0.1) is 11.4 Å². The molecule has 2 fully saturated rings. The molecule has 4 rings (SSSR count). The summed E-state index contributed by atoms with van der Waals surface area (Å²) in [4.78, 5) is 17.2. The van der Waals surface area contributed by atoms with E-state index in [2.05, 4.69) is 10.6 Å². The molecule has 0 radical (unpaired) electrons. The normalized spacial score (nSPS) is 17.1. The topological polar surface area (TPSA) is 60.5 Å². The second kappa shape index (κ2) is 6.44. The van der Waals surface area contributed by atoms with Crippen molar-refractivity contribution in [3.8, 4) is 0 Å². The third-order valence-electron chi connectivity index (χ3n) is 4.42. The molecule has 2 aromatic rings. The molecule has 1 aliphatic carbocycles. The van der Waals surface area contributed by atoms with Crippen LogP contribution in [0.1, 0.15) is 19.3 Å². The smallest absolute Gasteiger partial charge is 0.249 e. The Hall–Kier alpha value is -2.47. The number of nitrogens with zero attached hydrogens (tertiary/aromatic N) is 3. The number of aromatic nitrogens is 1. The van der Waals surface area contributed by atoms with E-state index in [1.165, 1.54) is 0 Å². The summed E-state index contributed by atoms with van der Waals surface area (Å²) in [7, 11) is 1.87. The molecule has 1 saturated heterocycles. The van der Waals surface area contributed by atoms with Crippen LogP contribution in [-0.2, 0) is 4.79 Å². The Kier molecular flexibility index (Phi) is 4.13. The minimum absolute atomic E-state index is 0.0389. The van der Waals surface area contributed by atoms with Gasteiger partial charge < -0.3 is 10.6 Å². The zero-order chi connectivity index (χ0) is 17.4. The number of halogens is 1. The van der Waals surface area contributed by atoms with Crippen molar-refractivity contribution < 1.29 is 4.79 Å². The first-order valence-electron chi connectivity index (χ1n) is 8.47. The van der Waals surface area contributed by atoms with Crippen molar-refractivity contribution in [2.75, 3.05) is 34.2 Å². The highest BCUT2D eigenvalue weighted by molar-refractivity contribution is 6.30. The van der Waals surface area contributed by atoms with E-state index < -0.39 is 0 Å². The van der Waals surface area contributed by atoms with Gasteiger partial charge in [-0.1, -0.05) is 11.6 Å². The van der Waals surface area contributed by atoms with Crippen LogP contribution in [0.15, 0.2) is 36.4 Å². The van der Waals surface area contributed by atoms with Crippen LogP contribution >= 0.6 is 11.6 Å². The Morgan fingerprint density at radius 3 is 2.60 bits per heavy atom. The van der Waals surface area contributed by atoms with Crippen LogP contribution in [0.4, 0.5) is 23.0 Å². The van der Waals surface area contributed by atoms with Crippen LogP contribution in [0.5, 0.6) is 0 Å². The summed E-state index contributed by atoms with van der Waals surface area (Å²) in [6, 6.07) is 11.8. The van der Waals surface area contributed by atoms with Gasteiger partial charge in [0.15, 0.2) is 11.6 Å². The largest absolute Gasteiger partial charge is 0.385 e. The molecule has 7 heteroatoms. The van der Waals surface area contributed by atoms with Gasteiger partial charge in [-0.3, -0.25) is 9.80 Å². The predicted molar refractivity (Wildman–Crippen MR) is 101 cm³/mol. The van der Waals surface area contributed by atoms with Crippen molar-refractivity contribution in [3.05, 3.63) is 41.4 Å². The number of amides is 1. The van der Waals surface area contributed by atoms with Gasteiger partial charge in [0.25, 0.3) is 0 Å². The monoisotopic (exact) mass is 357 g/mol. The number of hydrazine groups is 1. The summed E-state index contributed by atoms with van der Waals surface area (Å²) >= 11 is 5.98. The Bertz CT molecular complexity index is 791. The molecule has 2 aliphatic rings. The summed E-state index contributed by atoms with van der Waals surface area (Å²) < 4.78 is 0. The summed E-state index contributed by atoms with van der Waals surface area (Å²) in [6.07, 6.45) is 2.78. The van der Waals surface area contributed by atoms with Crippen LogP contribution in [0.2, 0.25) is 5.02 Å². The molecule has 0 unspecified atom stereocenters. The van der Waals surface area contributed by atoms with Crippen LogP contribution in [0.25, 0.3) is 0 Å². The third-order valence-corrected chi connectivity index (χ3v) is 4.68. The highest BCUT2D eigenvalue weighted by Crippen LogP contribution is 2.33. The summed E-state index contributed by atoms with van der Waals surface area (Å²) in [6.45, 7) is 0.626. The Morgan fingerprint density at radius 2 is 1.92 bits per heavy atom. The summed E-state index contributed by atoms with van der Waals surface area (Å²) in [5, 5.41) is 10.9. The van der Waals surface area contributed by atoms with Crippen molar-refractivity contribution in [1.82, 2.24) is 4.98 Å². The van der Waals surface area contributed by atoms with Crippen LogP contribution in [-0.4, -0.2) is 30.5 Å². The number of anilines is 4. The SMILES string of the molecule is CNc1ccc(N2C(=O)CCN2c2ccc(Cl)cc2)nc1NC1CC1. The van der Waals surface area contributed by atoms with Crippen LogP contribution < -0.4 is 20.7 Å². The first kappa shape index (κ1) is 16.0. The second-order valence-electron chi connectivity index (χ2n) is 6.29. The number of pyridine rings is 1. The van der Waals surface area contributed by atoms with Gasteiger partial charge in [-0.15, -0.1) is 0 Å². The average Bonchev–Trinajstić information content (AvgIpc) is 3.35. The molecule has 2 heterocycles. The molecule has 1 amide bonds. The van der Waals surface area contributed by atoms with Crippen LogP contribution in [0, 0.1) is 0 Å². The summed E-state index contributed by atoms with van der Waals surface area (Å²) in [5.74, 6) is 1.45. The molecule has 0 bridgehead atoms. The number of nitrogens with one attached hydrogen (secondary N) is 2. The van der Waals surface area contributed by atoms with Crippen LogP contribution in [0.3, 0.4) is 0 Å². The van der Waals surface area contributed by atoms with E-state index in [1.807, 2.05) is 48.5 Å². The molecule has 1 aliphatic heterocycles. The maximum absolute atomic E-state index is 12.5. The fraction of sp³-hybridized carbons (Fsp3) is 0.333. The minimum Gasteiger partial charge on any atom is -0.385 e. The average molecular weight is 358 g/mol. The number of benzene rings is 1. The summed E-state index contributed by atoms with van der Waals surface area (Å²) in [5.41, 5.74) is 1.85. The van der Waals surface area contributed by atoms with Gasteiger partial charge in [0.1, 0.15) is 0 Å². The number of hydrogen-bond acceptors (Lipinski definition) is 5. The quantitative estimate of drug-likeness (QED) is 0.857. The van der Waals surface area contributed by atoms with E-state index in [-0.39, 0.29) is 5.91 Å². The number of carbonyl (C=O) groups is 1. The number of carbonyl (C=O) groups excluding carboxylic acids is 1. The first-order valence-corrected chi connectivity index (χ1v) is 8.85. The fourth-order valence-corrected chi connectivity index (χ4v) is 3.08. The highest BCUT2D eigenvalue weighted by Gasteiger charge is 2.32. The van der Waals surface area contributed by atoms with Crippen molar-refractivity contribution in [2.45, 2.75) is 25.3 Å². The lowest BCUT2D eigenvalue weighted by Crippen LogP contribution is -2.40. The van der Waals surface area contributed by atoms with Gasteiger partial charge >= 0.3 is 0 Å². The van der Waals surface area contributed by atoms with E-state index in [0.29, 0.717) is 29.8 Å². The molecule has 0 atom stereocenters. The maximum Gasteiger partial charge on any atom is 0.249 e. The van der Waals surface area contributed by atoms with E-state index in [4.69, 9.17) is 16.6 Å². The van der Waals surface area contributed by atoms with Crippen molar-refractivity contribution in [2.24, 2.45) is 0 Å². The molecule has 130 valence electrons. The number of rotatable bonds is 5. The molecule has 1 saturated carbocycles.